The Morgan fingerprint density at radius 3 is 2.61 bits per heavy atom. The standard InChI is InChI=1S/C15H19N5O3/c1-3-20-10-17-19-13(20)9-16-15(22)18-12-7-5-11(6-8-12)14(21)23-4-2/h5-8,10H,3-4,9H2,1-2H3,(H2,16,18,22). The lowest BCUT2D eigenvalue weighted by Crippen LogP contribution is -2.29. The topological polar surface area (TPSA) is 98.1 Å². The van der Waals surface area contributed by atoms with Gasteiger partial charge in [-0.05, 0) is 38.1 Å². The fraction of sp³-hybridized carbons (Fsp3) is 0.333. The highest BCUT2D eigenvalue weighted by atomic mass is 16.5. The van der Waals surface area contributed by atoms with Crippen molar-refractivity contribution in [1.82, 2.24) is 20.1 Å². The van der Waals surface area contributed by atoms with Gasteiger partial charge in [-0.1, -0.05) is 0 Å². The first-order valence-electron chi connectivity index (χ1n) is 7.32. The van der Waals surface area contributed by atoms with Crippen LogP contribution in [0, 0.1) is 0 Å². The summed E-state index contributed by atoms with van der Waals surface area (Å²) >= 11 is 0. The number of carbonyl (C=O) groups excluding carboxylic acids is 2. The van der Waals surface area contributed by atoms with E-state index in [1.807, 2.05) is 11.5 Å². The van der Waals surface area contributed by atoms with Crippen molar-refractivity contribution in [1.29, 1.82) is 0 Å². The fourth-order valence-corrected chi connectivity index (χ4v) is 1.92. The van der Waals surface area contributed by atoms with E-state index in [-0.39, 0.29) is 18.5 Å². The van der Waals surface area contributed by atoms with Gasteiger partial charge in [0.2, 0.25) is 0 Å². The maximum absolute atomic E-state index is 11.9. The van der Waals surface area contributed by atoms with Crippen LogP contribution in [-0.4, -0.2) is 33.4 Å². The lowest BCUT2D eigenvalue weighted by molar-refractivity contribution is 0.0526. The molecule has 1 aromatic heterocycles. The Morgan fingerprint density at radius 1 is 1.22 bits per heavy atom. The molecule has 0 unspecified atom stereocenters. The molecule has 2 N–H and O–H groups in total. The largest absolute Gasteiger partial charge is 0.462 e. The summed E-state index contributed by atoms with van der Waals surface area (Å²) in [5, 5.41) is 13.1. The van der Waals surface area contributed by atoms with Crippen molar-refractivity contribution in [3.05, 3.63) is 42.0 Å². The van der Waals surface area contributed by atoms with Crippen molar-refractivity contribution in [2.24, 2.45) is 0 Å². The second kappa shape index (κ2) is 7.92. The van der Waals surface area contributed by atoms with E-state index >= 15 is 0 Å². The Balaban J connectivity index is 1.86. The van der Waals surface area contributed by atoms with Gasteiger partial charge in [-0.2, -0.15) is 0 Å². The molecule has 23 heavy (non-hydrogen) atoms. The normalized spacial score (nSPS) is 10.2. The highest BCUT2D eigenvalue weighted by Gasteiger charge is 2.08. The van der Waals surface area contributed by atoms with Gasteiger partial charge in [0.1, 0.15) is 6.33 Å². The highest BCUT2D eigenvalue weighted by Crippen LogP contribution is 2.10. The van der Waals surface area contributed by atoms with E-state index in [2.05, 4.69) is 20.8 Å². The average molecular weight is 317 g/mol. The third-order valence-corrected chi connectivity index (χ3v) is 3.10. The number of anilines is 1. The highest BCUT2D eigenvalue weighted by molar-refractivity contribution is 5.92. The Morgan fingerprint density at radius 2 is 1.96 bits per heavy atom. The molecule has 0 spiro atoms. The SMILES string of the molecule is CCOC(=O)c1ccc(NC(=O)NCc2nncn2CC)cc1. The molecule has 2 amide bonds. The van der Waals surface area contributed by atoms with Gasteiger partial charge >= 0.3 is 12.0 Å². The summed E-state index contributed by atoms with van der Waals surface area (Å²) in [6.45, 7) is 5.06. The van der Waals surface area contributed by atoms with Crippen LogP contribution in [-0.2, 0) is 17.8 Å². The molecule has 2 rings (SSSR count). The molecule has 8 nitrogen and oxygen atoms in total. The molecule has 1 heterocycles. The maximum Gasteiger partial charge on any atom is 0.338 e. The zero-order chi connectivity index (χ0) is 16.7. The van der Waals surface area contributed by atoms with Gasteiger partial charge < -0.3 is 19.9 Å². The zero-order valence-corrected chi connectivity index (χ0v) is 13.1. The van der Waals surface area contributed by atoms with Crippen LogP contribution in [0.25, 0.3) is 0 Å². The number of nitrogens with zero attached hydrogens (tertiary/aromatic N) is 3. The molecule has 0 aliphatic carbocycles. The Hall–Kier alpha value is -2.90. The van der Waals surface area contributed by atoms with Crippen molar-refractivity contribution >= 4 is 17.7 Å². The molecule has 0 radical (unpaired) electrons. The number of esters is 1. The lowest BCUT2D eigenvalue weighted by atomic mass is 10.2. The summed E-state index contributed by atoms with van der Waals surface area (Å²) in [5.41, 5.74) is 1.02. The predicted octanol–water partition coefficient (Wildman–Crippen LogP) is 1.80. The van der Waals surface area contributed by atoms with Crippen molar-refractivity contribution in [2.45, 2.75) is 26.9 Å². The van der Waals surface area contributed by atoms with Gasteiger partial charge in [-0.3, -0.25) is 0 Å². The third kappa shape index (κ3) is 4.53. The summed E-state index contributed by atoms with van der Waals surface area (Å²) < 4.78 is 6.74. The average Bonchev–Trinajstić information content (AvgIpc) is 3.01. The van der Waals surface area contributed by atoms with E-state index in [1.54, 1.807) is 37.5 Å². The molecule has 0 saturated carbocycles. The van der Waals surface area contributed by atoms with Gasteiger partial charge in [-0.15, -0.1) is 10.2 Å². The van der Waals surface area contributed by atoms with Crippen LogP contribution in [0.2, 0.25) is 0 Å². The fourth-order valence-electron chi connectivity index (χ4n) is 1.92. The van der Waals surface area contributed by atoms with E-state index in [4.69, 9.17) is 4.74 Å². The molecule has 0 saturated heterocycles. The van der Waals surface area contributed by atoms with Gasteiger partial charge in [0.05, 0.1) is 18.7 Å². The number of hydrogen-bond acceptors (Lipinski definition) is 5. The number of urea groups is 1. The smallest absolute Gasteiger partial charge is 0.338 e. The van der Waals surface area contributed by atoms with Crippen LogP contribution in [0.3, 0.4) is 0 Å². The lowest BCUT2D eigenvalue weighted by Gasteiger charge is -2.08. The number of rotatable bonds is 6. The van der Waals surface area contributed by atoms with E-state index in [0.29, 0.717) is 23.7 Å². The first kappa shape index (κ1) is 16.5. The molecule has 0 aliphatic heterocycles. The number of ether oxygens (including phenoxy) is 1. The first-order chi connectivity index (χ1) is 11.1. The molecule has 8 heteroatoms. The second-order valence-electron chi connectivity index (χ2n) is 4.64. The summed E-state index contributed by atoms with van der Waals surface area (Å²) in [5.74, 6) is 0.294. The number of aryl methyl sites for hydroxylation is 1. The number of carbonyl (C=O) groups is 2. The van der Waals surface area contributed by atoms with Crippen molar-refractivity contribution in [3.63, 3.8) is 0 Å². The predicted molar refractivity (Wildman–Crippen MR) is 84.0 cm³/mol. The van der Waals surface area contributed by atoms with Gasteiger partial charge in [-0.25, -0.2) is 9.59 Å². The van der Waals surface area contributed by atoms with Crippen molar-refractivity contribution in [2.75, 3.05) is 11.9 Å². The minimum Gasteiger partial charge on any atom is -0.462 e. The van der Waals surface area contributed by atoms with E-state index in [1.165, 1.54) is 0 Å². The number of hydrogen-bond donors (Lipinski definition) is 2. The minimum absolute atomic E-state index is 0.278. The van der Waals surface area contributed by atoms with Crippen molar-refractivity contribution in [3.8, 4) is 0 Å². The molecule has 1 aromatic carbocycles. The van der Waals surface area contributed by atoms with E-state index in [0.717, 1.165) is 6.54 Å². The Bertz CT molecular complexity index is 666. The number of benzene rings is 1. The summed E-state index contributed by atoms with van der Waals surface area (Å²) in [6, 6.07) is 6.11. The molecular weight excluding hydrogens is 298 g/mol. The van der Waals surface area contributed by atoms with Crippen LogP contribution < -0.4 is 10.6 Å². The Labute approximate surface area is 133 Å². The molecule has 0 bridgehead atoms. The summed E-state index contributed by atoms with van der Waals surface area (Å²) in [4.78, 5) is 23.4. The monoisotopic (exact) mass is 317 g/mol. The summed E-state index contributed by atoms with van der Waals surface area (Å²) in [7, 11) is 0. The number of nitrogens with one attached hydrogen (secondary N) is 2. The van der Waals surface area contributed by atoms with Gasteiger partial charge in [0.25, 0.3) is 0 Å². The second-order valence-corrected chi connectivity index (χ2v) is 4.64. The minimum atomic E-state index is -0.387. The third-order valence-electron chi connectivity index (χ3n) is 3.10. The molecule has 0 fully saturated rings. The van der Waals surface area contributed by atoms with E-state index < -0.39 is 0 Å². The molecule has 122 valence electrons. The van der Waals surface area contributed by atoms with Crippen LogP contribution in [0.15, 0.2) is 30.6 Å². The summed E-state index contributed by atoms with van der Waals surface area (Å²) in [6.07, 6.45) is 1.61. The van der Waals surface area contributed by atoms with Crippen LogP contribution in [0.1, 0.15) is 30.0 Å². The van der Waals surface area contributed by atoms with Crippen LogP contribution in [0.4, 0.5) is 10.5 Å². The molecular formula is C15H19N5O3. The van der Waals surface area contributed by atoms with E-state index in [9.17, 15) is 9.59 Å². The first-order valence-corrected chi connectivity index (χ1v) is 7.32. The zero-order valence-electron chi connectivity index (χ0n) is 13.1. The van der Waals surface area contributed by atoms with Crippen molar-refractivity contribution < 1.29 is 14.3 Å². The maximum atomic E-state index is 11.9. The van der Waals surface area contributed by atoms with Crippen LogP contribution in [0.5, 0.6) is 0 Å². The quantitative estimate of drug-likeness (QED) is 0.792. The Kier molecular flexibility index (Phi) is 5.67. The number of aromatic nitrogens is 3. The van der Waals surface area contributed by atoms with Crippen LogP contribution >= 0.6 is 0 Å². The molecule has 0 aliphatic rings. The number of amides is 2. The van der Waals surface area contributed by atoms with Gasteiger partial charge in [0.15, 0.2) is 5.82 Å². The van der Waals surface area contributed by atoms with Gasteiger partial charge in [0, 0.05) is 12.2 Å². The molecule has 2 aromatic rings. The molecule has 0 atom stereocenters.